The first-order valence-corrected chi connectivity index (χ1v) is 10.4. The van der Waals surface area contributed by atoms with Gasteiger partial charge in [-0.25, -0.2) is 0 Å². The topological polar surface area (TPSA) is 35.6 Å². The number of carbonyl (C=O) groups is 1. The van der Waals surface area contributed by atoms with E-state index in [-0.39, 0.29) is 18.7 Å². The molecule has 0 spiro atoms. The third-order valence-electron chi connectivity index (χ3n) is 5.99. The largest absolute Gasteiger partial charge is 0.391 e. The highest BCUT2D eigenvalue weighted by molar-refractivity contribution is 5.99. The number of hydrogen-bond donors (Lipinski definition) is 1. The van der Waals surface area contributed by atoms with E-state index in [2.05, 4.69) is 5.32 Å². The standard InChI is InChI=1S/C23H26F3N3O/c1-16-4-9-20(21(15-16)29-12-2-3-22(29)30)27-18-5-7-19(8-6-18)28-13-10-17(11-14-28)23(24,25)26/h4-9,15,17,27H,2-3,10-14H2,1H3. The van der Waals surface area contributed by atoms with Gasteiger partial charge in [-0.2, -0.15) is 13.2 Å². The van der Waals surface area contributed by atoms with Crippen LogP contribution < -0.4 is 15.1 Å². The average molecular weight is 417 g/mol. The Morgan fingerprint density at radius 3 is 2.30 bits per heavy atom. The number of alkyl halides is 3. The second kappa shape index (κ2) is 8.20. The molecule has 1 N–H and O–H groups in total. The van der Waals surface area contributed by atoms with Gasteiger partial charge in [0.2, 0.25) is 5.91 Å². The molecule has 0 bridgehead atoms. The van der Waals surface area contributed by atoms with Crippen LogP contribution in [0.1, 0.15) is 31.2 Å². The minimum Gasteiger partial charge on any atom is -0.372 e. The Morgan fingerprint density at radius 1 is 1.00 bits per heavy atom. The van der Waals surface area contributed by atoms with Crippen LogP contribution in [-0.4, -0.2) is 31.7 Å². The molecule has 2 heterocycles. The van der Waals surface area contributed by atoms with Crippen molar-refractivity contribution in [2.75, 3.05) is 34.8 Å². The molecule has 30 heavy (non-hydrogen) atoms. The Labute approximate surface area is 174 Å². The quantitative estimate of drug-likeness (QED) is 0.699. The molecule has 0 saturated carbocycles. The summed E-state index contributed by atoms with van der Waals surface area (Å²) < 4.78 is 38.6. The van der Waals surface area contributed by atoms with Gasteiger partial charge in [-0.3, -0.25) is 4.79 Å². The van der Waals surface area contributed by atoms with Crippen molar-refractivity contribution in [2.45, 2.75) is 38.8 Å². The lowest BCUT2D eigenvalue weighted by Crippen LogP contribution is -2.38. The van der Waals surface area contributed by atoms with Crippen LogP contribution in [0.4, 0.5) is 35.9 Å². The number of benzene rings is 2. The molecule has 0 radical (unpaired) electrons. The average Bonchev–Trinajstić information content (AvgIpc) is 3.15. The van der Waals surface area contributed by atoms with Crippen molar-refractivity contribution in [3.8, 4) is 0 Å². The normalized spacial score (nSPS) is 18.2. The summed E-state index contributed by atoms with van der Waals surface area (Å²) in [6, 6.07) is 13.7. The van der Waals surface area contributed by atoms with Crippen molar-refractivity contribution < 1.29 is 18.0 Å². The summed E-state index contributed by atoms with van der Waals surface area (Å²) in [5, 5.41) is 3.39. The maximum Gasteiger partial charge on any atom is 0.391 e. The number of hydrogen-bond acceptors (Lipinski definition) is 3. The SMILES string of the molecule is Cc1ccc(Nc2ccc(N3CCC(C(F)(F)F)CC3)cc2)c(N2CCCC2=O)c1. The minimum absolute atomic E-state index is 0.139. The predicted octanol–water partition coefficient (Wildman–Crippen LogP) is 5.64. The van der Waals surface area contributed by atoms with Crippen molar-refractivity contribution in [1.29, 1.82) is 0 Å². The van der Waals surface area contributed by atoms with Gasteiger partial charge in [-0.15, -0.1) is 0 Å². The molecule has 2 aliphatic heterocycles. The fourth-order valence-electron chi connectivity index (χ4n) is 4.25. The molecule has 0 aromatic heterocycles. The number of amides is 1. The molecule has 160 valence electrons. The number of carbonyl (C=O) groups excluding carboxylic acids is 1. The fourth-order valence-corrected chi connectivity index (χ4v) is 4.25. The lowest BCUT2D eigenvalue weighted by molar-refractivity contribution is -0.179. The van der Waals surface area contributed by atoms with Crippen LogP contribution in [0.3, 0.4) is 0 Å². The Balaban J connectivity index is 1.45. The molecule has 4 nitrogen and oxygen atoms in total. The van der Waals surface area contributed by atoms with Crippen LogP contribution in [-0.2, 0) is 4.79 Å². The van der Waals surface area contributed by atoms with E-state index in [0.717, 1.165) is 41.3 Å². The van der Waals surface area contributed by atoms with E-state index in [4.69, 9.17) is 0 Å². The van der Waals surface area contributed by atoms with Gasteiger partial charge >= 0.3 is 6.18 Å². The van der Waals surface area contributed by atoms with Gasteiger partial charge in [-0.05, 0) is 68.1 Å². The van der Waals surface area contributed by atoms with Crippen LogP contribution >= 0.6 is 0 Å². The molecule has 0 unspecified atom stereocenters. The minimum atomic E-state index is -4.09. The van der Waals surface area contributed by atoms with E-state index in [1.165, 1.54) is 0 Å². The molecule has 0 atom stereocenters. The molecule has 2 fully saturated rings. The monoisotopic (exact) mass is 417 g/mol. The molecule has 2 saturated heterocycles. The summed E-state index contributed by atoms with van der Waals surface area (Å²) in [6.07, 6.45) is -2.37. The molecule has 0 aliphatic carbocycles. The number of rotatable bonds is 4. The first-order chi connectivity index (χ1) is 14.3. The van der Waals surface area contributed by atoms with Crippen LogP contribution in [0, 0.1) is 12.8 Å². The summed E-state index contributed by atoms with van der Waals surface area (Å²) in [4.78, 5) is 16.1. The second-order valence-electron chi connectivity index (χ2n) is 8.14. The van der Waals surface area contributed by atoms with Crippen LogP contribution in [0.15, 0.2) is 42.5 Å². The van der Waals surface area contributed by atoms with Crippen molar-refractivity contribution in [2.24, 2.45) is 5.92 Å². The number of nitrogens with one attached hydrogen (secondary N) is 1. The van der Waals surface area contributed by atoms with Crippen LogP contribution in [0.5, 0.6) is 0 Å². The van der Waals surface area contributed by atoms with Gasteiger partial charge in [0, 0.05) is 37.4 Å². The van der Waals surface area contributed by atoms with Gasteiger partial charge < -0.3 is 15.1 Å². The highest BCUT2D eigenvalue weighted by Gasteiger charge is 2.41. The summed E-state index contributed by atoms with van der Waals surface area (Å²) in [7, 11) is 0. The lowest BCUT2D eigenvalue weighted by atomic mass is 9.96. The number of nitrogens with zero attached hydrogens (tertiary/aromatic N) is 2. The number of aryl methyl sites for hydroxylation is 1. The molecule has 2 aromatic carbocycles. The smallest absolute Gasteiger partial charge is 0.372 e. The van der Waals surface area contributed by atoms with Gasteiger partial charge in [0.25, 0.3) is 0 Å². The third kappa shape index (κ3) is 4.40. The summed E-state index contributed by atoms with van der Waals surface area (Å²) >= 11 is 0. The number of halogens is 3. The molecule has 4 rings (SSSR count). The third-order valence-corrected chi connectivity index (χ3v) is 5.99. The maximum absolute atomic E-state index is 12.9. The van der Waals surface area contributed by atoms with Crippen molar-refractivity contribution >= 4 is 28.7 Å². The zero-order valence-electron chi connectivity index (χ0n) is 17.0. The van der Waals surface area contributed by atoms with E-state index >= 15 is 0 Å². The van der Waals surface area contributed by atoms with Crippen molar-refractivity contribution in [3.63, 3.8) is 0 Å². The fraction of sp³-hybridized carbons (Fsp3) is 0.435. The first-order valence-electron chi connectivity index (χ1n) is 10.4. The van der Waals surface area contributed by atoms with Crippen molar-refractivity contribution in [1.82, 2.24) is 0 Å². The maximum atomic E-state index is 12.9. The Morgan fingerprint density at radius 2 is 1.70 bits per heavy atom. The predicted molar refractivity (Wildman–Crippen MR) is 113 cm³/mol. The molecule has 7 heteroatoms. The van der Waals surface area contributed by atoms with Gasteiger partial charge in [0.15, 0.2) is 0 Å². The molecule has 2 aliphatic rings. The number of piperidine rings is 1. The highest BCUT2D eigenvalue weighted by Crippen LogP contribution is 2.36. The molecule has 2 aromatic rings. The van der Waals surface area contributed by atoms with E-state index in [9.17, 15) is 18.0 Å². The first kappa shape index (κ1) is 20.6. The van der Waals surface area contributed by atoms with E-state index in [1.54, 1.807) is 0 Å². The lowest BCUT2D eigenvalue weighted by Gasteiger charge is -2.34. The molecular formula is C23H26F3N3O. The van der Waals surface area contributed by atoms with Gasteiger partial charge in [0.05, 0.1) is 17.3 Å². The van der Waals surface area contributed by atoms with Gasteiger partial charge in [-0.1, -0.05) is 6.07 Å². The summed E-state index contributed by atoms with van der Waals surface area (Å²) in [6.45, 7) is 3.56. The van der Waals surface area contributed by atoms with Crippen LogP contribution in [0.2, 0.25) is 0 Å². The molecule has 1 amide bonds. The second-order valence-corrected chi connectivity index (χ2v) is 8.14. The summed E-state index contributed by atoms with van der Waals surface area (Å²) in [5.74, 6) is -1.05. The Bertz CT molecular complexity index is 903. The Kier molecular flexibility index (Phi) is 5.62. The van der Waals surface area contributed by atoms with E-state index in [1.807, 2.05) is 59.2 Å². The zero-order chi connectivity index (χ0) is 21.3. The number of anilines is 4. The zero-order valence-corrected chi connectivity index (χ0v) is 17.0. The Hall–Kier alpha value is -2.70. The summed E-state index contributed by atoms with van der Waals surface area (Å²) in [5.41, 5.74) is 4.65. The van der Waals surface area contributed by atoms with E-state index < -0.39 is 12.1 Å². The molecular weight excluding hydrogens is 391 g/mol. The van der Waals surface area contributed by atoms with Crippen LogP contribution in [0.25, 0.3) is 0 Å². The van der Waals surface area contributed by atoms with Gasteiger partial charge in [0.1, 0.15) is 0 Å². The van der Waals surface area contributed by atoms with Crippen molar-refractivity contribution in [3.05, 3.63) is 48.0 Å². The van der Waals surface area contributed by atoms with E-state index in [0.29, 0.717) is 19.5 Å². The highest BCUT2D eigenvalue weighted by atomic mass is 19.4.